The number of carboxylic acid groups (broad SMARTS) is 2. The van der Waals surface area contributed by atoms with Crippen LogP contribution in [0.2, 0.25) is 0 Å². The molecule has 6 nitrogen and oxygen atoms in total. The Morgan fingerprint density at radius 1 is 0.636 bits per heavy atom. The second-order valence-electron chi connectivity index (χ2n) is 4.75. The fourth-order valence-corrected chi connectivity index (χ4v) is 2.40. The Morgan fingerprint density at radius 3 is 1.32 bits per heavy atom. The first kappa shape index (κ1) is 13.7. The van der Waals surface area contributed by atoms with Crippen LogP contribution in [0.15, 0.2) is 36.4 Å². The third kappa shape index (κ3) is 1.89. The van der Waals surface area contributed by atoms with E-state index in [-0.39, 0.29) is 33.4 Å². The number of rotatable bonds is 2. The highest BCUT2D eigenvalue weighted by Crippen LogP contribution is 2.28. The van der Waals surface area contributed by atoms with Crippen LogP contribution >= 0.6 is 0 Å². The molecule has 0 radical (unpaired) electrons. The second-order valence-corrected chi connectivity index (χ2v) is 4.75. The van der Waals surface area contributed by atoms with Crippen LogP contribution in [0, 0.1) is 0 Å². The molecular formula is C16H6O6-2. The normalized spacial score (nSPS) is 12.5. The first-order valence-corrected chi connectivity index (χ1v) is 6.20. The van der Waals surface area contributed by atoms with Gasteiger partial charge in [-0.15, -0.1) is 0 Å². The molecule has 3 rings (SSSR count). The van der Waals surface area contributed by atoms with Gasteiger partial charge in [0.05, 0.1) is 11.9 Å². The molecule has 0 fully saturated rings. The van der Waals surface area contributed by atoms with Crippen LogP contribution in [0.1, 0.15) is 52.6 Å². The number of ketones is 2. The zero-order valence-electron chi connectivity index (χ0n) is 10.9. The minimum atomic E-state index is -1.46. The van der Waals surface area contributed by atoms with Gasteiger partial charge in [0.25, 0.3) is 0 Å². The van der Waals surface area contributed by atoms with Crippen molar-refractivity contribution in [1.29, 1.82) is 0 Å². The van der Waals surface area contributed by atoms with Crippen LogP contribution in [0.3, 0.4) is 0 Å². The molecule has 0 heterocycles. The van der Waals surface area contributed by atoms with Gasteiger partial charge < -0.3 is 19.8 Å². The van der Waals surface area contributed by atoms with E-state index in [0.717, 1.165) is 24.3 Å². The summed E-state index contributed by atoms with van der Waals surface area (Å²) < 4.78 is 0. The molecule has 0 saturated carbocycles. The van der Waals surface area contributed by atoms with Crippen molar-refractivity contribution in [3.8, 4) is 0 Å². The van der Waals surface area contributed by atoms with Crippen molar-refractivity contribution in [2.75, 3.05) is 0 Å². The summed E-state index contributed by atoms with van der Waals surface area (Å²) in [6.45, 7) is 0. The first-order valence-electron chi connectivity index (χ1n) is 6.20. The molecule has 0 aliphatic heterocycles. The lowest BCUT2D eigenvalue weighted by atomic mass is 9.82. The molecule has 0 atom stereocenters. The van der Waals surface area contributed by atoms with Gasteiger partial charge in [0.15, 0.2) is 11.6 Å². The van der Waals surface area contributed by atoms with E-state index in [1.54, 1.807) is 0 Å². The minimum absolute atomic E-state index is 0.0259. The van der Waals surface area contributed by atoms with E-state index >= 15 is 0 Å². The van der Waals surface area contributed by atoms with Crippen molar-refractivity contribution in [3.63, 3.8) is 0 Å². The number of hydrogen-bond acceptors (Lipinski definition) is 6. The zero-order valence-corrected chi connectivity index (χ0v) is 10.9. The number of carboxylic acids is 2. The molecule has 2 aromatic carbocycles. The van der Waals surface area contributed by atoms with E-state index in [1.165, 1.54) is 12.1 Å². The Hall–Kier alpha value is -3.28. The average Bonchev–Trinajstić information content (AvgIpc) is 2.51. The summed E-state index contributed by atoms with van der Waals surface area (Å²) in [5.41, 5.74) is -0.457. The largest absolute Gasteiger partial charge is 0.545 e. The highest BCUT2D eigenvalue weighted by atomic mass is 16.4. The number of carbonyl (C=O) groups is 4. The molecule has 0 spiro atoms. The summed E-state index contributed by atoms with van der Waals surface area (Å²) in [6, 6.07) is 6.92. The van der Waals surface area contributed by atoms with Crippen molar-refractivity contribution in [1.82, 2.24) is 0 Å². The fourth-order valence-electron chi connectivity index (χ4n) is 2.40. The third-order valence-corrected chi connectivity index (χ3v) is 3.49. The Labute approximate surface area is 123 Å². The van der Waals surface area contributed by atoms with E-state index in [2.05, 4.69) is 0 Å². The molecule has 0 saturated heterocycles. The van der Waals surface area contributed by atoms with E-state index in [1.807, 2.05) is 0 Å². The first-order chi connectivity index (χ1) is 10.4. The van der Waals surface area contributed by atoms with Gasteiger partial charge in [-0.05, 0) is 35.4 Å². The van der Waals surface area contributed by atoms with Crippen molar-refractivity contribution < 1.29 is 29.4 Å². The Balaban J connectivity index is 2.22. The highest BCUT2D eigenvalue weighted by molar-refractivity contribution is 6.29. The molecular weight excluding hydrogens is 288 g/mol. The smallest absolute Gasteiger partial charge is 0.194 e. The van der Waals surface area contributed by atoms with Crippen LogP contribution in [-0.4, -0.2) is 23.5 Å². The Morgan fingerprint density at radius 2 is 1.00 bits per heavy atom. The minimum Gasteiger partial charge on any atom is -0.545 e. The maximum Gasteiger partial charge on any atom is 0.194 e. The summed E-state index contributed by atoms with van der Waals surface area (Å²) in [5, 5.41) is 21.7. The van der Waals surface area contributed by atoms with Crippen molar-refractivity contribution in [2.45, 2.75) is 0 Å². The quantitative estimate of drug-likeness (QED) is 0.610. The molecule has 6 heteroatoms. The Kier molecular flexibility index (Phi) is 2.88. The fraction of sp³-hybridized carbons (Fsp3) is 0. The van der Waals surface area contributed by atoms with E-state index in [4.69, 9.17) is 0 Å². The Bertz CT molecular complexity index is 805. The third-order valence-electron chi connectivity index (χ3n) is 3.49. The van der Waals surface area contributed by atoms with Gasteiger partial charge in [0.2, 0.25) is 0 Å². The maximum absolute atomic E-state index is 12.4. The zero-order chi connectivity index (χ0) is 16.0. The summed E-state index contributed by atoms with van der Waals surface area (Å²) in [6.07, 6.45) is 0. The molecule has 0 bridgehead atoms. The predicted molar refractivity (Wildman–Crippen MR) is 68.4 cm³/mol. The second kappa shape index (κ2) is 4.63. The average molecular weight is 294 g/mol. The van der Waals surface area contributed by atoms with Crippen molar-refractivity contribution in [3.05, 3.63) is 69.8 Å². The lowest BCUT2D eigenvalue weighted by Crippen LogP contribution is -2.27. The van der Waals surface area contributed by atoms with Gasteiger partial charge >= 0.3 is 0 Å². The maximum atomic E-state index is 12.4. The van der Waals surface area contributed by atoms with Crippen LogP contribution < -0.4 is 10.2 Å². The molecule has 108 valence electrons. The van der Waals surface area contributed by atoms with Crippen LogP contribution in [0.5, 0.6) is 0 Å². The number of fused-ring (bicyclic) bond motifs is 2. The molecule has 0 N–H and O–H groups in total. The van der Waals surface area contributed by atoms with Crippen molar-refractivity contribution >= 4 is 23.5 Å². The number of hydrogen-bond donors (Lipinski definition) is 0. The molecule has 2 aromatic rings. The number of benzene rings is 2. The van der Waals surface area contributed by atoms with Crippen LogP contribution in [0.25, 0.3) is 0 Å². The SMILES string of the molecule is O=C([O-])c1ccc2c(c1)C(=O)c1ccc(C(=O)[O-])cc1C2=O. The molecule has 0 aromatic heterocycles. The molecule has 0 unspecified atom stereocenters. The number of aromatic carboxylic acids is 2. The standard InChI is InChI=1S/C16H8O6/c17-13-9-3-1-7(15(19)20)5-11(9)14(18)10-4-2-8(16(21)22)6-12(10)13/h1-6H,(H,19,20)(H,21,22)/p-2. The van der Waals surface area contributed by atoms with Gasteiger partial charge in [-0.3, -0.25) is 9.59 Å². The lowest BCUT2D eigenvalue weighted by Gasteiger charge is -2.19. The van der Waals surface area contributed by atoms with Crippen molar-refractivity contribution in [2.24, 2.45) is 0 Å². The van der Waals surface area contributed by atoms with Crippen LogP contribution in [-0.2, 0) is 0 Å². The molecule has 0 amide bonds. The van der Waals surface area contributed by atoms with E-state index in [9.17, 15) is 29.4 Å². The number of carbonyl (C=O) groups excluding carboxylic acids is 4. The lowest BCUT2D eigenvalue weighted by molar-refractivity contribution is -0.256. The summed E-state index contributed by atoms with van der Waals surface area (Å²) in [5.74, 6) is -4.00. The van der Waals surface area contributed by atoms with E-state index in [0.29, 0.717) is 0 Å². The monoisotopic (exact) mass is 294 g/mol. The van der Waals surface area contributed by atoms with E-state index < -0.39 is 23.5 Å². The van der Waals surface area contributed by atoms with Gasteiger partial charge in [-0.1, -0.05) is 12.1 Å². The highest BCUT2D eigenvalue weighted by Gasteiger charge is 2.30. The van der Waals surface area contributed by atoms with Gasteiger partial charge in [-0.25, -0.2) is 0 Å². The topological polar surface area (TPSA) is 114 Å². The summed E-state index contributed by atoms with van der Waals surface area (Å²) in [4.78, 5) is 46.5. The van der Waals surface area contributed by atoms with Crippen LogP contribution in [0.4, 0.5) is 0 Å². The predicted octanol–water partition coefficient (Wildman–Crippen LogP) is -0.811. The van der Waals surface area contributed by atoms with Gasteiger partial charge in [-0.2, -0.15) is 0 Å². The summed E-state index contributed by atoms with van der Waals surface area (Å²) >= 11 is 0. The molecule has 1 aliphatic rings. The molecule has 1 aliphatic carbocycles. The molecule has 22 heavy (non-hydrogen) atoms. The van der Waals surface area contributed by atoms with Gasteiger partial charge in [0, 0.05) is 22.3 Å². The van der Waals surface area contributed by atoms with Gasteiger partial charge in [0.1, 0.15) is 0 Å². The summed E-state index contributed by atoms with van der Waals surface area (Å²) in [7, 11) is 0.